The van der Waals surface area contributed by atoms with Crippen LogP contribution in [0.5, 0.6) is 0 Å². The predicted molar refractivity (Wildman–Crippen MR) is 63.1 cm³/mol. The van der Waals surface area contributed by atoms with Crippen LogP contribution in [0.3, 0.4) is 0 Å². The number of hydrogen-bond acceptors (Lipinski definition) is 3. The molecule has 4 heteroatoms. The molecular formula is C11H17NO2S. The van der Waals surface area contributed by atoms with Crippen molar-refractivity contribution in [2.75, 3.05) is 18.1 Å². The third-order valence-corrected chi connectivity index (χ3v) is 4.18. The van der Waals surface area contributed by atoms with E-state index in [9.17, 15) is 8.42 Å². The van der Waals surface area contributed by atoms with Gasteiger partial charge in [0.1, 0.15) is 0 Å². The summed E-state index contributed by atoms with van der Waals surface area (Å²) in [5, 5.41) is 2.92. The predicted octanol–water partition coefficient (Wildman–Crippen LogP) is 2.22. The van der Waals surface area contributed by atoms with Gasteiger partial charge in [0.25, 0.3) is 0 Å². The van der Waals surface area contributed by atoms with Crippen LogP contribution in [0.15, 0.2) is 23.1 Å². The van der Waals surface area contributed by atoms with E-state index in [1.54, 1.807) is 13.1 Å². The molecule has 1 aromatic carbocycles. The van der Waals surface area contributed by atoms with E-state index in [1.165, 1.54) is 0 Å². The lowest BCUT2D eigenvalue weighted by Crippen LogP contribution is -2.08. The fraction of sp³-hybridized carbons (Fsp3) is 0.455. The monoisotopic (exact) mass is 227 g/mol. The first kappa shape index (κ1) is 12.0. The second-order valence-electron chi connectivity index (χ2n) is 3.57. The van der Waals surface area contributed by atoms with Gasteiger partial charge in [0.05, 0.1) is 16.3 Å². The molecule has 0 aliphatic rings. The van der Waals surface area contributed by atoms with Gasteiger partial charge in [-0.15, -0.1) is 0 Å². The normalized spacial score (nSPS) is 11.4. The first-order valence-corrected chi connectivity index (χ1v) is 6.67. The molecule has 0 unspecified atom stereocenters. The second kappa shape index (κ2) is 4.66. The summed E-state index contributed by atoms with van der Waals surface area (Å²) in [5.41, 5.74) is 1.73. The standard InChI is InChI=1S/C11H17NO2S/c1-4-7-15(13,14)11-6-5-9(2)8-10(11)12-3/h5-6,8,12H,4,7H2,1-3H3. The van der Waals surface area contributed by atoms with Crippen LogP contribution in [0.4, 0.5) is 5.69 Å². The van der Waals surface area contributed by atoms with Gasteiger partial charge in [-0.3, -0.25) is 0 Å². The van der Waals surface area contributed by atoms with Crippen LogP contribution < -0.4 is 5.32 Å². The molecule has 0 aliphatic heterocycles. The van der Waals surface area contributed by atoms with Gasteiger partial charge in [0, 0.05) is 7.05 Å². The molecule has 0 bridgehead atoms. The molecule has 1 rings (SSSR count). The Kier molecular flexibility index (Phi) is 3.74. The van der Waals surface area contributed by atoms with E-state index in [-0.39, 0.29) is 5.75 Å². The van der Waals surface area contributed by atoms with Gasteiger partial charge in [-0.05, 0) is 31.0 Å². The zero-order valence-electron chi connectivity index (χ0n) is 9.37. The summed E-state index contributed by atoms with van der Waals surface area (Å²) in [7, 11) is -1.40. The molecule has 0 amide bonds. The van der Waals surface area contributed by atoms with Gasteiger partial charge in [-0.1, -0.05) is 13.0 Å². The molecule has 1 N–H and O–H groups in total. The van der Waals surface area contributed by atoms with Gasteiger partial charge in [-0.25, -0.2) is 8.42 Å². The minimum absolute atomic E-state index is 0.199. The highest BCUT2D eigenvalue weighted by Crippen LogP contribution is 2.23. The maximum absolute atomic E-state index is 11.9. The Balaban J connectivity index is 3.25. The SMILES string of the molecule is CCCS(=O)(=O)c1ccc(C)cc1NC. The van der Waals surface area contributed by atoms with Crippen LogP contribution in [0.2, 0.25) is 0 Å². The molecule has 0 saturated carbocycles. The third kappa shape index (κ3) is 2.72. The van der Waals surface area contributed by atoms with Crippen molar-refractivity contribution in [3.05, 3.63) is 23.8 Å². The molecule has 0 radical (unpaired) electrons. The molecule has 0 saturated heterocycles. The van der Waals surface area contributed by atoms with Crippen molar-refractivity contribution in [1.29, 1.82) is 0 Å². The minimum atomic E-state index is -3.13. The Morgan fingerprint density at radius 2 is 2.00 bits per heavy atom. The molecule has 15 heavy (non-hydrogen) atoms. The average molecular weight is 227 g/mol. The Morgan fingerprint density at radius 1 is 1.33 bits per heavy atom. The quantitative estimate of drug-likeness (QED) is 0.858. The second-order valence-corrected chi connectivity index (χ2v) is 5.65. The van der Waals surface area contributed by atoms with Crippen molar-refractivity contribution >= 4 is 15.5 Å². The van der Waals surface area contributed by atoms with Crippen molar-refractivity contribution in [2.45, 2.75) is 25.2 Å². The largest absolute Gasteiger partial charge is 0.387 e. The van der Waals surface area contributed by atoms with Crippen molar-refractivity contribution in [3.63, 3.8) is 0 Å². The number of rotatable bonds is 4. The van der Waals surface area contributed by atoms with Gasteiger partial charge in [-0.2, -0.15) is 0 Å². The summed E-state index contributed by atoms with van der Waals surface area (Å²) in [6.07, 6.45) is 0.638. The van der Waals surface area contributed by atoms with E-state index in [1.807, 2.05) is 26.0 Å². The van der Waals surface area contributed by atoms with Crippen LogP contribution >= 0.6 is 0 Å². The number of sulfone groups is 1. The summed E-state index contributed by atoms with van der Waals surface area (Å²) < 4.78 is 23.8. The maximum atomic E-state index is 11.9. The Morgan fingerprint density at radius 3 is 2.53 bits per heavy atom. The molecular weight excluding hydrogens is 210 g/mol. The molecule has 84 valence electrons. The average Bonchev–Trinajstić information content (AvgIpc) is 2.17. The molecule has 0 heterocycles. The smallest absolute Gasteiger partial charge is 0.180 e. The molecule has 0 atom stereocenters. The summed E-state index contributed by atoms with van der Waals surface area (Å²) >= 11 is 0. The van der Waals surface area contributed by atoms with Gasteiger partial charge in [0.2, 0.25) is 0 Å². The fourth-order valence-electron chi connectivity index (χ4n) is 1.49. The summed E-state index contributed by atoms with van der Waals surface area (Å²) in [5.74, 6) is 0.199. The van der Waals surface area contributed by atoms with E-state index < -0.39 is 9.84 Å². The van der Waals surface area contributed by atoms with E-state index in [0.717, 1.165) is 5.56 Å². The Hall–Kier alpha value is -1.03. The van der Waals surface area contributed by atoms with Crippen LogP contribution in [-0.4, -0.2) is 21.2 Å². The number of nitrogens with one attached hydrogen (secondary N) is 1. The van der Waals surface area contributed by atoms with Crippen LogP contribution in [0.25, 0.3) is 0 Å². The highest BCUT2D eigenvalue weighted by atomic mass is 32.2. The topological polar surface area (TPSA) is 46.2 Å². The molecule has 3 nitrogen and oxygen atoms in total. The van der Waals surface area contributed by atoms with Crippen LogP contribution in [0, 0.1) is 6.92 Å². The number of benzene rings is 1. The first-order chi connectivity index (χ1) is 7.01. The highest BCUT2D eigenvalue weighted by Gasteiger charge is 2.16. The first-order valence-electron chi connectivity index (χ1n) is 5.02. The van der Waals surface area contributed by atoms with Crippen LogP contribution in [-0.2, 0) is 9.84 Å². The zero-order chi connectivity index (χ0) is 11.5. The minimum Gasteiger partial charge on any atom is -0.387 e. The molecule has 1 aromatic rings. The molecule has 0 spiro atoms. The lowest BCUT2D eigenvalue weighted by molar-refractivity contribution is 0.595. The summed E-state index contributed by atoms with van der Waals surface area (Å²) in [4.78, 5) is 0.400. The highest BCUT2D eigenvalue weighted by molar-refractivity contribution is 7.91. The number of anilines is 1. The zero-order valence-corrected chi connectivity index (χ0v) is 10.2. The van der Waals surface area contributed by atoms with Gasteiger partial charge < -0.3 is 5.32 Å². The summed E-state index contributed by atoms with van der Waals surface area (Å²) in [6.45, 7) is 3.81. The summed E-state index contributed by atoms with van der Waals surface area (Å²) in [6, 6.07) is 5.35. The third-order valence-electron chi connectivity index (χ3n) is 2.21. The lowest BCUT2D eigenvalue weighted by Gasteiger charge is -2.10. The number of hydrogen-bond donors (Lipinski definition) is 1. The number of aryl methyl sites for hydroxylation is 1. The van der Waals surface area contributed by atoms with E-state index in [0.29, 0.717) is 17.0 Å². The molecule has 0 aromatic heterocycles. The van der Waals surface area contributed by atoms with E-state index in [2.05, 4.69) is 5.32 Å². The van der Waals surface area contributed by atoms with Gasteiger partial charge >= 0.3 is 0 Å². The lowest BCUT2D eigenvalue weighted by atomic mass is 10.2. The van der Waals surface area contributed by atoms with E-state index in [4.69, 9.17) is 0 Å². The Labute approximate surface area is 91.4 Å². The van der Waals surface area contributed by atoms with Crippen LogP contribution in [0.1, 0.15) is 18.9 Å². The van der Waals surface area contributed by atoms with Gasteiger partial charge in [0.15, 0.2) is 9.84 Å². The fourth-order valence-corrected chi connectivity index (χ4v) is 3.02. The van der Waals surface area contributed by atoms with Crippen molar-refractivity contribution < 1.29 is 8.42 Å². The van der Waals surface area contributed by atoms with E-state index >= 15 is 0 Å². The van der Waals surface area contributed by atoms with Crippen molar-refractivity contribution in [2.24, 2.45) is 0 Å². The molecule has 0 aliphatic carbocycles. The maximum Gasteiger partial charge on any atom is 0.180 e. The molecule has 0 fully saturated rings. The van der Waals surface area contributed by atoms with Crippen molar-refractivity contribution in [3.8, 4) is 0 Å². The van der Waals surface area contributed by atoms with Crippen molar-refractivity contribution in [1.82, 2.24) is 0 Å². The Bertz CT molecular complexity index is 438.